The van der Waals surface area contributed by atoms with Crippen LogP contribution in [0, 0.1) is 24.2 Å². The number of allylic oxidation sites excluding steroid dienone is 1. The van der Waals surface area contributed by atoms with Crippen LogP contribution in [0.4, 0.5) is 0 Å². The molecule has 1 aliphatic heterocycles. The molecule has 1 heterocycles. The summed E-state index contributed by atoms with van der Waals surface area (Å²) < 4.78 is 4.87. The van der Waals surface area contributed by atoms with Crippen molar-refractivity contribution >= 4 is 23.6 Å². The van der Waals surface area contributed by atoms with Crippen LogP contribution in [0.2, 0.25) is 0 Å². The Labute approximate surface area is 165 Å². The van der Waals surface area contributed by atoms with Gasteiger partial charge in [0.2, 0.25) is 5.91 Å². The minimum atomic E-state index is -1.06. The van der Waals surface area contributed by atoms with Crippen LogP contribution >= 0.6 is 11.8 Å². The highest BCUT2D eigenvalue weighted by Crippen LogP contribution is 2.41. The number of nitrogens with one attached hydrogen (secondary N) is 1. The first-order valence-corrected chi connectivity index (χ1v) is 10.2. The van der Waals surface area contributed by atoms with E-state index in [4.69, 9.17) is 4.74 Å². The molecule has 2 rings (SSSR count). The highest BCUT2D eigenvalue weighted by molar-refractivity contribution is 8.03. The fraction of sp³-hybridized carbons (Fsp3) is 0.476. The largest absolute Gasteiger partial charge is 0.468 e. The molecule has 0 saturated heterocycles. The van der Waals surface area contributed by atoms with Crippen LogP contribution in [0.15, 0.2) is 34.9 Å². The Hall–Kier alpha value is -2.26. The molecule has 144 valence electrons. The summed E-state index contributed by atoms with van der Waals surface area (Å²) in [4.78, 5) is 25.1. The molecule has 27 heavy (non-hydrogen) atoms. The number of rotatable bonds is 8. The second kappa shape index (κ2) is 10.2. The molecule has 1 amide bonds. The standard InChI is InChI=1S/C21H26N2O3S/c1-4-5-6-9-12-27-20-16(13-22)17(15-11-8-7-10-14(15)2)18(19(24)23-20)21(25)26-3/h7-8,10-11,17-18H,4-6,9,12H2,1-3H3,(H,23,24)/t17-,18-/m0/s1. The third kappa shape index (κ3) is 4.92. The van der Waals surface area contributed by atoms with Crippen molar-refractivity contribution in [3.8, 4) is 6.07 Å². The molecule has 1 aliphatic rings. The van der Waals surface area contributed by atoms with Gasteiger partial charge in [-0.1, -0.05) is 50.5 Å². The number of aryl methyl sites for hydroxylation is 1. The SMILES string of the molecule is CCCCCCSC1=C(C#N)[C@H](c2ccccc2C)[C@H](C(=O)OC)C(=O)N1. The zero-order chi connectivity index (χ0) is 19.8. The average Bonchev–Trinajstić information content (AvgIpc) is 2.67. The van der Waals surface area contributed by atoms with Gasteiger partial charge in [-0.05, 0) is 30.2 Å². The molecule has 0 aliphatic carbocycles. The van der Waals surface area contributed by atoms with Crippen molar-refractivity contribution in [3.05, 3.63) is 46.0 Å². The van der Waals surface area contributed by atoms with E-state index in [1.807, 2.05) is 31.2 Å². The van der Waals surface area contributed by atoms with E-state index in [1.165, 1.54) is 25.3 Å². The Morgan fingerprint density at radius 1 is 1.30 bits per heavy atom. The van der Waals surface area contributed by atoms with Crippen LogP contribution in [0.1, 0.15) is 49.7 Å². The molecule has 1 aromatic carbocycles. The number of nitriles is 1. The van der Waals surface area contributed by atoms with E-state index >= 15 is 0 Å². The number of esters is 1. The van der Waals surface area contributed by atoms with Gasteiger partial charge in [-0.3, -0.25) is 9.59 Å². The summed E-state index contributed by atoms with van der Waals surface area (Å²) in [5.74, 6) is -1.90. The molecular weight excluding hydrogens is 360 g/mol. The number of nitrogens with zero attached hydrogens (tertiary/aromatic N) is 1. The third-order valence-electron chi connectivity index (χ3n) is 4.75. The summed E-state index contributed by atoms with van der Waals surface area (Å²) in [5, 5.41) is 13.2. The maximum absolute atomic E-state index is 12.7. The van der Waals surface area contributed by atoms with Gasteiger partial charge in [0.05, 0.1) is 23.8 Å². The van der Waals surface area contributed by atoms with Crippen molar-refractivity contribution in [1.82, 2.24) is 5.32 Å². The Morgan fingerprint density at radius 3 is 2.67 bits per heavy atom. The highest BCUT2D eigenvalue weighted by Gasteiger charge is 2.44. The molecule has 0 radical (unpaired) electrons. The topological polar surface area (TPSA) is 79.2 Å². The summed E-state index contributed by atoms with van der Waals surface area (Å²) >= 11 is 1.48. The lowest BCUT2D eigenvalue weighted by molar-refractivity contribution is -0.150. The van der Waals surface area contributed by atoms with E-state index in [1.54, 1.807) is 0 Å². The minimum Gasteiger partial charge on any atom is -0.468 e. The molecule has 6 heteroatoms. The van der Waals surface area contributed by atoms with Gasteiger partial charge in [0.25, 0.3) is 0 Å². The second-order valence-electron chi connectivity index (χ2n) is 6.59. The van der Waals surface area contributed by atoms with Crippen LogP contribution < -0.4 is 5.32 Å². The molecule has 0 aromatic heterocycles. The quantitative estimate of drug-likeness (QED) is 0.414. The van der Waals surface area contributed by atoms with Gasteiger partial charge in [0.1, 0.15) is 5.92 Å². The van der Waals surface area contributed by atoms with Crippen molar-refractivity contribution in [2.45, 2.75) is 45.4 Å². The lowest BCUT2D eigenvalue weighted by atomic mass is 9.77. The van der Waals surface area contributed by atoms with Crippen molar-refractivity contribution < 1.29 is 14.3 Å². The fourth-order valence-corrected chi connectivity index (χ4v) is 4.35. The third-order valence-corrected chi connectivity index (χ3v) is 5.85. The second-order valence-corrected chi connectivity index (χ2v) is 7.69. The maximum atomic E-state index is 12.7. The molecule has 0 spiro atoms. The van der Waals surface area contributed by atoms with E-state index in [0.29, 0.717) is 10.6 Å². The number of thioether (sulfide) groups is 1. The van der Waals surface area contributed by atoms with Crippen molar-refractivity contribution in [2.24, 2.45) is 5.92 Å². The number of ether oxygens (including phenoxy) is 1. The van der Waals surface area contributed by atoms with Crippen LogP contribution in [-0.2, 0) is 14.3 Å². The highest BCUT2D eigenvalue weighted by atomic mass is 32.2. The van der Waals surface area contributed by atoms with E-state index in [9.17, 15) is 14.9 Å². The van der Waals surface area contributed by atoms with E-state index in [0.717, 1.165) is 36.1 Å². The Morgan fingerprint density at radius 2 is 2.04 bits per heavy atom. The first-order valence-electron chi connectivity index (χ1n) is 9.26. The van der Waals surface area contributed by atoms with Gasteiger partial charge in [-0.2, -0.15) is 5.26 Å². The number of amides is 1. The average molecular weight is 387 g/mol. The lowest BCUT2D eigenvalue weighted by Gasteiger charge is -2.31. The first-order chi connectivity index (χ1) is 13.0. The molecular formula is C21H26N2O3S. The molecule has 1 aromatic rings. The van der Waals surface area contributed by atoms with Gasteiger partial charge in [0, 0.05) is 5.92 Å². The van der Waals surface area contributed by atoms with Gasteiger partial charge in [0.15, 0.2) is 0 Å². The summed E-state index contributed by atoms with van der Waals surface area (Å²) in [7, 11) is 1.26. The van der Waals surface area contributed by atoms with Gasteiger partial charge < -0.3 is 10.1 Å². The number of carbonyl (C=O) groups excluding carboxylic acids is 2. The van der Waals surface area contributed by atoms with Gasteiger partial charge in [-0.15, -0.1) is 11.8 Å². The number of hydrogen-bond donors (Lipinski definition) is 1. The van der Waals surface area contributed by atoms with Crippen molar-refractivity contribution in [2.75, 3.05) is 12.9 Å². The molecule has 2 atom stereocenters. The molecule has 1 N–H and O–H groups in total. The van der Waals surface area contributed by atoms with E-state index in [-0.39, 0.29) is 0 Å². The molecule has 5 nitrogen and oxygen atoms in total. The summed E-state index contributed by atoms with van der Waals surface area (Å²) in [6.07, 6.45) is 4.47. The normalized spacial score (nSPS) is 19.4. The van der Waals surface area contributed by atoms with Gasteiger partial charge in [-0.25, -0.2) is 0 Å². The Bertz CT molecular complexity index is 767. The number of unbranched alkanes of at least 4 members (excludes halogenated alkanes) is 3. The van der Waals surface area contributed by atoms with Crippen LogP contribution in [0.3, 0.4) is 0 Å². The predicted octanol–water partition coefficient (Wildman–Crippen LogP) is 4.05. The summed E-state index contributed by atoms with van der Waals surface area (Å²) in [6, 6.07) is 9.79. The maximum Gasteiger partial charge on any atom is 0.319 e. The van der Waals surface area contributed by atoms with Crippen molar-refractivity contribution in [3.63, 3.8) is 0 Å². The molecule has 0 saturated carbocycles. The summed E-state index contributed by atoms with van der Waals surface area (Å²) in [5.41, 5.74) is 2.18. The molecule has 0 fully saturated rings. The minimum absolute atomic E-state index is 0.412. The lowest BCUT2D eigenvalue weighted by Crippen LogP contribution is -2.44. The first kappa shape index (κ1) is 21.0. The van der Waals surface area contributed by atoms with Crippen LogP contribution in [-0.4, -0.2) is 24.7 Å². The zero-order valence-electron chi connectivity index (χ0n) is 16.1. The van der Waals surface area contributed by atoms with E-state index in [2.05, 4.69) is 18.3 Å². The predicted molar refractivity (Wildman–Crippen MR) is 107 cm³/mol. The smallest absolute Gasteiger partial charge is 0.319 e. The summed E-state index contributed by atoms with van der Waals surface area (Å²) in [6.45, 7) is 4.08. The number of methoxy groups -OCH3 is 1. The van der Waals surface area contributed by atoms with E-state index < -0.39 is 23.7 Å². The monoisotopic (exact) mass is 386 g/mol. The van der Waals surface area contributed by atoms with Crippen molar-refractivity contribution in [1.29, 1.82) is 5.26 Å². The van der Waals surface area contributed by atoms with Gasteiger partial charge >= 0.3 is 5.97 Å². The zero-order valence-corrected chi connectivity index (χ0v) is 16.9. The fourth-order valence-electron chi connectivity index (χ4n) is 3.29. The Balaban J connectivity index is 2.41. The Kier molecular flexibility index (Phi) is 7.93. The van der Waals surface area contributed by atoms with Crippen LogP contribution in [0.25, 0.3) is 0 Å². The molecule has 0 unspecified atom stereocenters. The molecule has 0 bridgehead atoms. The number of hydrogen-bond acceptors (Lipinski definition) is 5. The number of benzene rings is 1. The van der Waals surface area contributed by atoms with Crippen LogP contribution in [0.5, 0.6) is 0 Å². The number of carbonyl (C=O) groups is 2.